The fourth-order valence-electron chi connectivity index (χ4n) is 3.84. The lowest BCUT2D eigenvalue weighted by molar-refractivity contribution is 0.0725. The predicted molar refractivity (Wildman–Crippen MR) is 89.9 cm³/mol. The van der Waals surface area contributed by atoms with Gasteiger partial charge in [-0.2, -0.15) is 5.10 Å². The molecule has 3 heterocycles. The highest BCUT2D eigenvalue weighted by Crippen LogP contribution is 2.34. The highest BCUT2D eigenvalue weighted by molar-refractivity contribution is 5.94. The molecule has 1 aliphatic heterocycles. The third kappa shape index (κ3) is 2.44. The number of nitrogens with zero attached hydrogens (tertiary/aromatic N) is 4. The Bertz CT molecular complexity index is 783. The lowest BCUT2D eigenvalue weighted by atomic mass is 10.1. The van der Waals surface area contributed by atoms with Crippen LogP contribution >= 0.6 is 0 Å². The number of rotatable bonds is 3. The molecule has 0 bridgehead atoms. The molecule has 1 saturated heterocycles. The molecule has 2 aliphatic rings. The van der Waals surface area contributed by atoms with E-state index in [1.165, 1.54) is 0 Å². The van der Waals surface area contributed by atoms with E-state index in [0.29, 0.717) is 5.69 Å². The van der Waals surface area contributed by atoms with Crippen molar-refractivity contribution in [2.24, 2.45) is 0 Å². The van der Waals surface area contributed by atoms with Crippen LogP contribution in [0.15, 0.2) is 6.07 Å². The Morgan fingerprint density at radius 1 is 1.33 bits per heavy atom. The highest BCUT2D eigenvalue weighted by Gasteiger charge is 2.35. The van der Waals surface area contributed by atoms with Crippen LogP contribution < -0.4 is 5.32 Å². The molecule has 4 rings (SSSR count). The van der Waals surface area contributed by atoms with Crippen LogP contribution in [0.5, 0.6) is 0 Å². The van der Waals surface area contributed by atoms with E-state index < -0.39 is 0 Å². The highest BCUT2D eigenvalue weighted by atomic mass is 16.2. The molecule has 1 atom stereocenters. The lowest BCUT2D eigenvalue weighted by Crippen LogP contribution is -2.32. The van der Waals surface area contributed by atoms with Crippen LogP contribution in [0.4, 0.5) is 5.82 Å². The van der Waals surface area contributed by atoms with E-state index in [-0.39, 0.29) is 11.9 Å². The van der Waals surface area contributed by atoms with Crippen LogP contribution in [-0.4, -0.2) is 44.6 Å². The van der Waals surface area contributed by atoms with Gasteiger partial charge in [0, 0.05) is 30.9 Å². The summed E-state index contributed by atoms with van der Waals surface area (Å²) >= 11 is 0. The first-order chi connectivity index (χ1) is 11.7. The summed E-state index contributed by atoms with van der Waals surface area (Å²) in [6.45, 7) is 2.63. The van der Waals surface area contributed by atoms with Gasteiger partial charge >= 0.3 is 0 Å². The fraction of sp³-hybridized carbons (Fsp3) is 0.529. The van der Waals surface area contributed by atoms with Crippen LogP contribution in [0, 0.1) is 6.92 Å². The summed E-state index contributed by atoms with van der Waals surface area (Å²) in [5.74, 6) is 1.54. The maximum absolute atomic E-state index is 13.1. The molecule has 0 radical (unpaired) electrons. The molecule has 24 heavy (non-hydrogen) atoms. The molecule has 2 aromatic heterocycles. The van der Waals surface area contributed by atoms with Crippen molar-refractivity contribution in [3.63, 3.8) is 0 Å². The van der Waals surface area contributed by atoms with Gasteiger partial charge in [-0.1, -0.05) is 0 Å². The number of nitrogens with one attached hydrogen (secondary N) is 2. The Hall–Kier alpha value is -2.44. The van der Waals surface area contributed by atoms with Crippen LogP contribution in [-0.2, 0) is 12.8 Å². The van der Waals surface area contributed by atoms with Gasteiger partial charge in [-0.25, -0.2) is 9.97 Å². The minimum atomic E-state index is 0.0000491. The van der Waals surface area contributed by atoms with E-state index >= 15 is 0 Å². The quantitative estimate of drug-likeness (QED) is 0.901. The Morgan fingerprint density at radius 2 is 2.21 bits per heavy atom. The lowest BCUT2D eigenvalue weighted by Gasteiger charge is -2.24. The summed E-state index contributed by atoms with van der Waals surface area (Å²) < 4.78 is 0. The molecule has 1 amide bonds. The van der Waals surface area contributed by atoms with Gasteiger partial charge in [0.25, 0.3) is 5.91 Å². The zero-order valence-corrected chi connectivity index (χ0v) is 14.1. The third-order valence-corrected chi connectivity index (χ3v) is 4.98. The van der Waals surface area contributed by atoms with Gasteiger partial charge < -0.3 is 10.2 Å². The number of anilines is 1. The molecule has 7 nitrogen and oxygen atoms in total. The maximum Gasteiger partial charge on any atom is 0.275 e. The molecule has 1 fully saturated rings. The number of hydrogen-bond acceptors (Lipinski definition) is 5. The molecule has 7 heteroatoms. The minimum absolute atomic E-state index is 0.0000491. The van der Waals surface area contributed by atoms with E-state index in [0.717, 1.165) is 67.2 Å². The number of aromatic nitrogens is 4. The molecule has 0 saturated carbocycles. The van der Waals surface area contributed by atoms with Gasteiger partial charge in [-0.3, -0.25) is 9.89 Å². The topological polar surface area (TPSA) is 86.8 Å². The molecule has 0 aromatic carbocycles. The van der Waals surface area contributed by atoms with E-state index in [1.807, 2.05) is 24.9 Å². The van der Waals surface area contributed by atoms with Gasteiger partial charge in [0.15, 0.2) is 5.69 Å². The predicted octanol–water partition coefficient (Wildman–Crippen LogP) is 2.02. The van der Waals surface area contributed by atoms with Crippen LogP contribution in [0.3, 0.4) is 0 Å². The van der Waals surface area contributed by atoms with Crippen molar-refractivity contribution in [3.8, 4) is 0 Å². The molecule has 126 valence electrons. The first-order valence-electron chi connectivity index (χ1n) is 8.58. The van der Waals surface area contributed by atoms with Crippen molar-refractivity contribution in [2.45, 2.75) is 45.1 Å². The normalized spacial score (nSPS) is 19.6. The average molecular weight is 326 g/mol. The Kier molecular flexibility index (Phi) is 3.70. The Labute approximate surface area is 140 Å². The SMILES string of the molecule is CNc1cc([C@@H]2CCCN2C(=O)c2n[nH]c3c2CCC3)nc(C)n1. The van der Waals surface area contributed by atoms with Gasteiger partial charge in [0.2, 0.25) is 0 Å². The largest absolute Gasteiger partial charge is 0.373 e. The number of amides is 1. The zero-order chi connectivity index (χ0) is 16.7. The van der Waals surface area contributed by atoms with Gasteiger partial charge in [-0.05, 0) is 39.0 Å². The van der Waals surface area contributed by atoms with Crippen molar-refractivity contribution in [1.82, 2.24) is 25.1 Å². The number of H-pyrrole nitrogens is 1. The summed E-state index contributed by atoms with van der Waals surface area (Å²) in [7, 11) is 1.84. The molecule has 2 aromatic rings. The summed E-state index contributed by atoms with van der Waals surface area (Å²) in [4.78, 5) is 23.9. The fourth-order valence-corrected chi connectivity index (χ4v) is 3.84. The monoisotopic (exact) mass is 326 g/mol. The zero-order valence-electron chi connectivity index (χ0n) is 14.1. The smallest absolute Gasteiger partial charge is 0.275 e. The third-order valence-electron chi connectivity index (χ3n) is 4.98. The summed E-state index contributed by atoms with van der Waals surface area (Å²) in [6, 6.07) is 1.94. The number of carbonyl (C=O) groups excluding carboxylic acids is 1. The second-order valence-electron chi connectivity index (χ2n) is 6.51. The van der Waals surface area contributed by atoms with Crippen LogP contribution in [0.2, 0.25) is 0 Å². The number of likely N-dealkylation sites (tertiary alicyclic amines) is 1. The average Bonchev–Trinajstić information content (AvgIpc) is 3.29. The first kappa shape index (κ1) is 15.1. The number of aryl methyl sites for hydroxylation is 2. The van der Waals surface area contributed by atoms with Crippen molar-refractivity contribution in [3.05, 3.63) is 34.5 Å². The van der Waals surface area contributed by atoms with Crippen molar-refractivity contribution in [1.29, 1.82) is 0 Å². The second-order valence-corrected chi connectivity index (χ2v) is 6.51. The van der Waals surface area contributed by atoms with Crippen molar-refractivity contribution < 1.29 is 4.79 Å². The molecular formula is C17H22N6O. The van der Waals surface area contributed by atoms with Crippen molar-refractivity contribution >= 4 is 11.7 Å². The Balaban J connectivity index is 1.65. The molecule has 0 unspecified atom stereocenters. The number of carbonyl (C=O) groups is 1. The van der Waals surface area contributed by atoms with E-state index in [2.05, 4.69) is 25.5 Å². The summed E-state index contributed by atoms with van der Waals surface area (Å²) in [5.41, 5.74) is 3.75. The molecular weight excluding hydrogens is 304 g/mol. The van der Waals surface area contributed by atoms with Crippen LogP contribution in [0.25, 0.3) is 0 Å². The van der Waals surface area contributed by atoms with Crippen LogP contribution in [0.1, 0.15) is 58.6 Å². The van der Waals surface area contributed by atoms with Gasteiger partial charge in [0.05, 0.1) is 11.7 Å². The standard InChI is InChI=1S/C17H22N6O/c1-10-19-13(9-15(18-2)20-10)14-7-4-8-23(14)17(24)16-11-5-3-6-12(11)21-22-16/h9,14H,3-8H2,1-2H3,(H,21,22)(H,18,19,20)/t14-/m0/s1. The molecule has 2 N–H and O–H groups in total. The first-order valence-corrected chi connectivity index (χ1v) is 8.58. The summed E-state index contributed by atoms with van der Waals surface area (Å²) in [6.07, 6.45) is 4.96. The minimum Gasteiger partial charge on any atom is -0.373 e. The van der Waals surface area contributed by atoms with E-state index in [4.69, 9.17) is 0 Å². The number of fused-ring (bicyclic) bond motifs is 1. The maximum atomic E-state index is 13.1. The van der Waals surface area contributed by atoms with Gasteiger partial charge in [0.1, 0.15) is 11.6 Å². The van der Waals surface area contributed by atoms with Crippen molar-refractivity contribution in [2.75, 3.05) is 18.9 Å². The summed E-state index contributed by atoms with van der Waals surface area (Å²) in [5, 5.41) is 10.4. The second kappa shape index (κ2) is 5.89. The van der Waals surface area contributed by atoms with E-state index in [9.17, 15) is 4.79 Å². The molecule has 1 aliphatic carbocycles. The van der Waals surface area contributed by atoms with E-state index in [1.54, 1.807) is 0 Å². The number of hydrogen-bond donors (Lipinski definition) is 2. The van der Waals surface area contributed by atoms with Gasteiger partial charge in [-0.15, -0.1) is 0 Å². The number of aromatic amines is 1. The Morgan fingerprint density at radius 3 is 3.04 bits per heavy atom. The molecule has 0 spiro atoms.